The highest BCUT2D eigenvalue weighted by Gasteiger charge is 2.34. The fourth-order valence-corrected chi connectivity index (χ4v) is 11.9. The third-order valence-corrected chi connectivity index (χ3v) is 16.2. The second-order valence-corrected chi connectivity index (χ2v) is 18.7. The lowest BCUT2D eigenvalue weighted by atomic mass is 9.96. The van der Waals surface area contributed by atoms with E-state index in [0.29, 0.717) is 28.5 Å². The van der Waals surface area contributed by atoms with Crippen LogP contribution in [0.4, 0.5) is 0 Å². The molecule has 0 aliphatic heterocycles. The zero-order chi connectivity index (χ0) is 38.9. The minimum atomic E-state index is -4.19. The van der Waals surface area contributed by atoms with Crippen LogP contribution in [-0.4, -0.2) is 117 Å². The Morgan fingerprint density at radius 1 is 0.736 bits per heavy atom. The van der Waals surface area contributed by atoms with Gasteiger partial charge in [0.2, 0.25) is 24.8 Å². The number of aryl methyl sites for hydroxylation is 1. The van der Waals surface area contributed by atoms with Gasteiger partial charge in [-0.3, -0.25) is 4.99 Å². The van der Waals surface area contributed by atoms with E-state index < -0.39 is 20.0 Å². The number of sulfonamides is 2. The first-order chi connectivity index (χ1) is 25.3. The van der Waals surface area contributed by atoms with Gasteiger partial charge in [0, 0.05) is 63.0 Å². The molecule has 16 heteroatoms. The van der Waals surface area contributed by atoms with Gasteiger partial charge in [-0.25, -0.2) is 21.5 Å². The Labute approximate surface area is 331 Å². The molecule has 1 saturated carbocycles. The van der Waals surface area contributed by atoms with Gasteiger partial charge in [-0.1, -0.05) is 114 Å². The summed E-state index contributed by atoms with van der Waals surface area (Å²) in [5.74, 6) is 0. The average Bonchev–Trinajstić information content (AvgIpc) is 3.51. The topological polar surface area (TPSA) is 111 Å². The first kappa shape index (κ1) is 43.8. The van der Waals surface area contributed by atoms with Gasteiger partial charge in [0.05, 0.1) is 21.0 Å². The lowest BCUT2D eigenvalue weighted by Crippen LogP contribution is -2.39. The quantitative estimate of drug-likeness (QED) is 0.127. The lowest BCUT2D eigenvalue weighted by molar-refractivity contribution is 0.274. The maximum Gasteiger partial charge on any atom is 0.244 e. The van der Waals surface area contributed by atoms with Crippen molar-refractivity contribution in [3.8, 4) is 21.7 Å². The molecule has 53 heavy (non-hydrogen) atoms. The number of likely N-dealkylation sites (N-methyl/N-ethyl adjacent to an activating group) is 4. The molecule has 0 amide bonds. The van der Waals surface area contributed by atoms with Crippen molar-refractivity contribution in [3.63, 3.8) is 0 Å². The van der Waals surface area contributed by atoms with Crippen molar-refractivity contribution in [2.24, 2.45) is 12.0 Å². The highest BCUT2D eigenvalue weighted by Crippen LogP contribution is 2.47. The highest BCUT2D eigenvalue weighted by molar-refractivity contribution is 7.89. The summed E-state index contributed by atoms with van der Waals surface area (Å²) in [5.41, 5.74) is 0.698. The van der Waals surface area contributed by atoms with E-state index in [4.69, 9.17) is 33.3 Å². The molecule has 1 heterocycles. The third-order valence-electron chi connectivity index (χ3n) is 10.2. The van der Waals surface area contributed by atoms with Crippen molar-refractivity contribution in [3.05, 3.63) is 45.2 Å². The predicted octanol–water partition coefficient (Wildman–Crippen LogP) is 7.06. The SMILES string of the molecule is CCN(CC)CCN(CC)S(=O)(=O)c1ccccc1-c1c(Cl)c(-c2nn(C)/c(=N\C3CCCCC3)s2)cc(S(=O)(=O)N(CC)CCN(CC)CC)c1Cl. The molecule has 0 spiro atoms. The van der Waals surface area contributed by atoms with Crippen molar-refractivity contribution in [2.45, 2.75) is 89.5 Å². The molecule has 11 nitrogen and oxygen atoms in total. The Hall–Kier alpha value is -1.88. The van der Waals surface area contributed by atoms with Gasteiger partial charge < -0.3 is 9.80 Å². The van der Waals surface area contributed by atoms with E-state index in [9.17, 15) is 16.8 Å². The molecule has 0 atom stereocenters. The van der Waals surface area contributed by atoms with E-state index in [2.05, 4.69) is 9.80 Å². The van der Waals surface area contributed by atoms with Crippen LogP contribution in [0.1, 0.15) is 73.6 Å². The maximum absolute atomic E-state index is 14.6. The summed E-state index contributed by atoms with van der Waals surface area (Å²) < 4.78 is 62.8. The van der Waals surface area contributed by atoms with Crippen LogP contribution in [0.25, 0.3) is 21.7 Å². The van der Waals surface area contributed by atoms with Crippen LogP contribution in [0.3, 0.4) is 0 Å². The van der Waals surface area contributed by atoms with Crippen molar-refractivity contribution in [1.29, 1.82) is 0 Å². The molecule has 0 N–H and O–H groups in total. The molecule has 0 bridgehead atoms. The Bertz CT molecular complexity index is 1950. The van der Waals surface area contributed by atoms with Crippen LogP contribution in [0.5, 0.6) is 0 Å². The summed E-state index contributed by atoms with van der Waals surface area (Å²) in [5, 5.41) is 5.22. The van der Waals surface area contributed by atoms with Crippen LogP contribution in [0, 0.1) is 0 Å². The first-order valence-electron chi connectivity index (χ1n) is 18.9. The Kier molecular flexibility index (Phi) is 16.4. The minimum absolute atomic E-state index is 0.00254. The standard InChI is InChI=1S/C37H57Cl2N7O4S3/c1-8-43(9-2)23-25-45(12-5)52(47,48)31-22-18-17-21-29(31)33-34(38)30(36-41-42(7)37(51-36)40-28-19-15-14-16-20-28)27-32(35(33)39)53(49,50)46(13-6)26-24-44(10-3)11-4/h17-18,21-22,27-28H,8-16,19-20,23-26H2,1-7H3/b40-37+. The second-order valence-electron chi connectivity index (χ2n) is 13.2. The number of rotatable bonds is 19. The number of benzene rings is 2. The molecule has 1 aliphatic rings. The van der Waals surface area contributed by atoms with Gasteiger partial charge in [-0.15, -0.1) is 0 Å². The molecular weight excluding hydrogens is 774 g/mol. The zero-order valence-electron chi connectivity index (χ0n) is 32.3. The summed E-state index contributed by atoms with van der Waals surface area (Å²) >= 11 is 15.8. The molecule has 2 aromatic carbocycles. The fourth-order valence-electron chi connectivity index (χ4n) is 6.79. The minimum Gasteiger partial charge on any atom is -0.303 e. The van der Waals surface area contributed by atoms with Crippen molar-refractivity contribution >= 4 is 54.6 Å². The first-order valence-corrected chi connectivity index (χ1v) is 23.4. The van der Waals surface area contributed by atoms with Crippen LogP contribution in [0.15, 0.2) is 45.1 Å². The van der Waals surface area contributed by atoms with E-state index in [1.54, 1.807) is 29.8 Å². The highest BCUT2D eigenvalue weighted by atomic mass is 35.5. The van der Waals surface area contributed by atoms with Crippen LogP contribution < -0.4 is 4.80 Å². The lowest BCUT2D eigenvalue weighted by Gasteiger charge is -2.27. The van der Waals surface area contributed by atoms with Crippen molar-refractivity contribution in [2.75, 3.05) is 65.4 Å². The van der Waals surface area contributed by atoms with Crippen LogP contribution in [-0.2, 0) is 27.1 Å². The zero-order valence-corrected chi connectivity index (χ0v) is 36.3. The van der Waals surface area contributed by atoms with Crippen LogP contribution >= 0.6 is 34.5 Å². The largest absolute Gasteiger partial charge is 0.303 e. The van der Waals surface area contributed by atoms with Crippen molar-refractivity contribution in [1.82, 2.24) is 28.2 Å². The molecule has 296 valence electrons. The van der Waals surface area contributed by atoms with E-state index in [1.165, 1.54) is 38.5 Å². The summed E-state index contributed by atoms with van der Waals surface area (Å²) in [6, 6.07) is 8.23. The Morgan fingerprint density at radius 2 is 1.26 bits per heavy atom. The molecule has 1 fully saturated rings. The second kappa shape index (κ2) is 19.8. The average molecular weight is 831 g/mol. The number of hydrogen-bond donors (Lipinski definition) is 0. The molecule has 4 rings (SSSR count). The van der Waals surface area contributed by atoms with Gasteiger partial charge in [-0.2, -0.15) is 13.7 Å². The molecule has 0 saturated heterocycles. The normalized spacial score (nSPS) is 15.2. The van der Waals surface area contributed by atoms with E-state index >= 15 is 0 Å². The summed E-state index contributed by atoms with van der Waals surface area (Å²) in [4.78, 5) is 9.88. The molecular formula is C37H57Cl2N7O4S3. The third kappa shape index (κ3) is 10.1. The monoisotopic (exact) mass is 829 g/mol. The van der Waals surface area contributed by atoms with E-state index in [0.717, 1.165) is 51.9 Å². The van der Waals surface area contributed by atoms with Crippen molar-refractivity contribution < 1.29 is 16.8 Å². The fraction of sp³-hybridized carbons (Fsp3) is 0.622. The molecule has 0 unspecified atom stereocenters. The Balaban J connectivity index is 1.97. The van der Waals surface area contributed by atoms with E-state index in [1.807, 2.05) is 41.7 Å². The summed E-state index contributed by atoms with van der Waals surface area (Å²) in [6.45, 7) is 17.1. The summed E-state index contributed by atoms with van der Waals surface area (Å²) in [6.07, 6.45) is 5.49. The van der Waals surface area contributed by atoms with Gasteiger partial charge in [-0.05, 0) is 51.2 Å². The van der Waals surface area contributed by atoms with Crippen LogP contribution in [0.2, 0.25) is 10.0 Å². The van der Waals surface area contributed by atoms with Gasteiger partial charge in [0.1, 0.15) is 9.90 Å². The number of nitrogens with zero attached hydrogens (tertiary/aromatic N) is 7. The van der Waals surface area contributed by atoms with Gasteiger partial charge in [0.15, 0.2) is 0 Å². The molecule has 1 aliphatic carbocycles. The van der Waals surface area contributed by atoms with Gasteiger partial charge in [0.25, 0.3) is 0 Å². The van der Waals surface area contributed by atoms with Gasteiger partial charge >= 0.3 is 0 Å². The number of hydrogen-bond acceptors (Lipinski definition) is 9. The number of halogens is 2. The maximum atomic E-state index is 14.6. The molecule has 0 radical (unpaired) electrons. The summed E-state index contributed by atoms with van der Waals surface area (Å²) in [7, 11) is -6.45. The predicted molar refractivity (Wildman–Crippen MR) is 219 cm³/mol. The van der Waals surface area contributed by atoms with E-state index in [-0.39, 0.29) is 63.2 Å². The Morgan fingerprint density at radius 3 is 1.79 bits per heavy atom. The smallest absolute Gasteiger partial charge is 0.244 e. The molecule has 3 aromatic rings. The number of aromatic nitrogens is 2. The molecule has 1 aromatic heterocycles.